The number of nitrogens with one attached hydrogen (secondary N) is 1. The minimum absolute atomic E-state index is 0.108. The number of halogens is 1. The lowest BCUT2D eigenvalue weighted by Gasteiger charge is -2.23. The van der Waals surface area contributed by atoms with E-state index in [0.717, 1.165) is 4.90 Å². The molecule has 6 nitrogen and oxygen atoms in total. The van der Waals surface area contributed by atoms with Crippen LogP contribution in [-0.2, 0) is 9.59 Å². The molecule has 1 fully saturated rings. The van der Waals surface area contributed by atoms with Crippen LogP contribution in [0.1, 0.15) is 20.3 Å². The van der Waals surface area contributed by atoms with E-state index in [9.17, 15) is 14.4 Å². The van der Waals surface area contributed by atoms with Gasteiger partial charge in [-0.3, -0.25) is 9.59 Å². The molecule has 2 aromatic rings. The summed E-state index contributed by atoms with van der Waals surface area (Å²) in [5.74, 6) is -0.561. The Morgan fingerprint density at radius 3 is 2.32 bits per heavy atom. The quantitative estimate of drug-likeness (QED) is 0.741. The third kappa shape index (κ3) is 4.34. The molecule has 4 amide bonds. The van der Waals surface area contributed by atoms with Crippen molar-refractivity contribution in [2.24, 2.45) is 5.92 Å². The Hall–Kier alpha value is -2.86. The normalized spacial score (nSPS) is 16.8. The molecule has 7 heteroatoms. The van der Waals surface area contributed by atoms with E-state index >= 15 is 0 Å². The van der Waals surface area contributed by atoms with Crippen molar-refractivity contribution in [3.63, 3.8) is 0 Å². The zero-order valence-corrected chi connectivity index (χ0v) is 16.5. The van der Waals surface area contributed by atoms with E-state index in [-0.39, 0.29) is 24.2 Å². The molecular formula is C21H22ClN3O3. The van der Waals surface area contributed by atoms with E-state index in [1.165, 1.54) is 4.90 Å². The number of benzene rings is 2. The Bertz CT molecular complexity index is 868. The average Bonchev–Trinajstić information content (AvgIpc) is 2.88. The van der Waals surface area contributed by atoms with Crippen molar-refractivity contribution < 1.29 is 14.4 Å². The van der Waals surface area contributed by atoms with E-state index in [2.05, 4.69) is 5.32 Å². The van der Waals surface area contributed by atoms with Gasteiger partial charge >= 0.3 is 6.03 Å². The van der Waals surface area contributed by atoms with Crippen LogP contribution in [0.5, 0.6) is 0 Å². The van der Waals surface area contributed by atoms with Crippen molar-refractivity contribution in [2.75, 3.05) is 16.8 Å². The van der Waals surface area contributed by atoms with E-state index in [1.807, 2.05) is 19.9 Å². The van der Waals surface area contributed by atoms with Crippen LogP contribution >= 0.6 is 11.6 Å². The highest BCUT2D eigenvalue weighted by molar-refractivity contribution is 6.30. The Morgan fingerprint density at radius 2 is 1.71 bits per heavy atom. The van der Waals surface area contributed by atoms with Crippen LogP contribution in [0.2, 0.25) is 5.02 Å². The summed E-state index contributed by atoms with van der Waals surface area (Å²) >= 11 is 5.86. The summed E-state index contributed by atoms with van der Waals surface area (Å²) in [4.78, 5) is 41.1. The van der Waals surface area contributed by atoms with Crippen molar-refractivity contribution in [1.82, 2.24) is 4.90 Å². The molecule has 0 unspecified atom stereocenters. The van der Waals surface area contributed by atoms with E-state index < -0.39 is 12.1 Å². The van der Waals surface area contributed by atoms with Crippen LogP contribution in [0.25, 0.3) is 0 Å². The summed E-state index contributed by atoms with van der Waals surface area (Å²) in [6.07, 6.45) is -0.108. The van der Waals surface area contributed by atoms with Crippen LogP contribution in [-0.4, -0.2) is 35.3 Å². The maximum atomic E-state index is 13.0. The van der Waals surface area contributed by atoms with Gasteiger partial charge in [0.25, 0.3) is 5.91 Å². The van der Waals surface area contributed by atoms with E-state index in [4.69, 9.17) is 11.6 Å². The third-order valence-corrected chi connectivity index (χ3v) is 4.65. The summed E-state index contributed by atoms with van der Waals surface area (Å²) in [5.41, 5.74) is 1.09. The van der Waals surface area contributed by atoms with Gasteiger partial charge in [0, 0.05) is 17.3 Å². The fourth-order valence-corrected chi connectivity index (χ4v) is 3.30. The topological polar surface area (TPSA) is 69.7 Å². The molecule has 1 aliphatic rings. The molecule has 146 valence electrons. The highest BCUT2D eigenvalue weighted by atomic mass is 35.5. The Kier molecular flexibility index (Phi) is 5.99. The second-order valence-corrected chi connectivity index (χ2v) is 7.55. The van der Waals surface area contributed by atoms with Gasteiger partial charge in [-0.1, -0.05) is 43.6 Å². The third-order valence-electron chi connectivity index (χ3n) is 4.40. The first-order valence-corrected chi connectivity index (χ1v) is 9.49. The van der Waals surface area contributed by atoms with Crippen molar-refractivity contribution >= 4 is 40.8 Å². The number of imide groups is 1. The van der Waals surface area contributed by atoms with Crippen LogP contribution in [0.15, 0.2) is 54.6 Å². The van der Waals surface area contributed by atoms with E-state index in [1.54, 1.807) is 48.5 Å². The summed E-state index contributed by atoms with van der Waals surface area (Å²) in [6, 6.07) is 14.3. The number of rotatable bonds is 6. The van der Waals surface area contributed by atoms with Crippen LogP contribution in [0.3, 0.4) is 0 Å². The Labute approximate surface area is 169 Å². The Morgan fingerprint density at radius 1 is 1.07 bits per heavy atom. The molecule has 28 heavy (non-hydrogen) atoms. The van der Waals surface area contributed by atoms with Crippen molar-refractivity contribution in [1.29, 1.82) is 0 Å². The number of carbonyl (C=O) groups is 3. The molecule has 0 spiro atoms. The smallest absolute Gasteiger partial charge is 0.326 e. The van der Waals surface area contributed by atoms with Crippen molar-refractivity contribution in [3.05, 3.63) is 59.6 Å². The summed E-state index contributed by atoms with van der Waals surface area (Å²) in [7, 11) is 0. The maximum absolute atomic E-state index is 13.0. The molecule has 1 saturated heterocycles. The van der Waals surface area contributed by atoms with Crippen LogP contribution in [0.4, 0.5) is 16.2 Å². The van der Waals surface area contributed by atoms with Crippen molar-refractivity contribution in [2.45, 2.75) is 26.3 Å². The van der Waals surface area contributed by atoms with E-state index in [0.29, 0.717) is 22.9 Å². The van der Waals surface area contributed by atoms with Crippen LogP contribution in [0, 0.1) is 5.92 Å². The first-order valence-electron chi connectivity index (χ1n) is 9.12. The fraction of sp³-hybridized carbons (Fsp3) is 0.286. The number of hydrogen-bond donors (Lipinski definition) is 1. The molecule has 3 rings (SSSR count). The number of para-hydroxylation sites is 1. The second-order valence-electron chi connectivity index (χ2n) is 7.11. The first kappa shape index (κ1) is 19.9. The summed E-state index contributed by atoms with van der Waals surface area (Å²) in [5, 5.41) is 3.32. The monoisotopic (exact) mass is 399 g/mol. The number of urea groups is 1. The first-order chi connectivity index (χ1) is 13.4. The van der Waals surface area contributed by atoms with Gasteiger partial charge in [0.05, 0.1) is 12.1 Å². The molecule has 0 bridgehead atoms. The molecule has 0 aliphatic carbocycles. The number of anilines is 2. The summed E-state index contributed by atoms with van der Waals surface area (Å²) < 4.78 is 0. The molecule has 2 aromatic carbocycles. The standard InChI is InChI=1S/C21H22ClN3O3/c1-14(2)13-24-18(12-19(26)23-16-10-8-15(22)9-11-16)20(27)25(21(24)28)17-6-4-3-5-7-17/h3-11,14,18H,12-13H2,1-2H3,(H,23,26)/t18-/m1/s1. The SMILES string of the molecule is CC(C)CN1C(=O)N(c2ccccc2)C(=O)[C@H]1CC(=O)Nc1ccc(Cl)cc1. The molecule has 0 aromatic heterocycles. The van der Waals surface area contributed by atoms with Gasteiger partial charge in [-0.25, -0.2) is 9.69 Å². The van der Waals surface area contributed by atoms with Gasteiger partial charge in [-0.15, -0.1) is 0 Å². The van der Waals surface area contributed by atoms with Gasteiger partial charge in [0.1, 0.15) is 6.04 Å². The zero-order valence-electron chi connectivity index (χ0n) is 15.8. The predicted molar refractivity (Wildman–Crippen MR) is 109 cm³/mol. The van der Waals surface area contributed by atoms with Gasteiger partial charge in [0.15, 0.2) is 0 Å². The number of amides is 4. The molecule has 1 atom stereocenters. The highest BCUT2D eigenvalue weighted by Gasteiger charge is 2.46. The van der Waals surface area contributed by atoms with Gasteiger partial charge in [-0.05, 0) is 42.3 Å². The number of nitrogens with zero attached hydrogens (tertiary/aromatic N) is 2. The van der Waals surface area contributed by atoms with Crippen molar-refractivity contribution in [3.8, 4) is 0 Å². The zero-order chi connectivity index (χ0) is 20.3. The largest absolute Gasteiger partial charge is 0.332 e. The fourth-order valence-electron chi connectivity index (χ4n) is 3.17. The molecule has 1 heterocycles. The molecule has 1 N–H and O–H groups in total. The lowest BCUT2D eigenvalue weighted by molar-refractivity contribution is -0.124. The van der Waals surface area contributed by atoms with Gasteiger partial charge < -0.3 is 10.2 Å². The average molecular weight is 400 g/mol. The maximum Gasteiger partial charge on any atom is 0.332 e. The molecular weight excluding hydrogens is 378 g/mol. The minimum Gasteiger partial charge on any atom is -0.326 e. The Balaban J connectivity index is 1.80. The molecule has 0 radical (unpaired) electrons. The second kappa shape index (κ2) is 8.44. The summed E-state index contributed by atoms with van der Waals surface area (Å²) in [6.45, 7) is 4.33. The highest BCUT2D eigenvalue weighted by Crippen LogP contribution is 2.27. The lowest BCUT2D eigenvalue weighted by Crippen LogP contribution is -2.40. The minimum atomic E-state index is -0.831. The lowest BCUT2D eigenvalue weighted by atomic mass is 10.1. The molecule has 0 saturated carbocycles. The number of carbonyl (C=O) groups excluding carboxylic acids is 3. The predicted octanol–water partition coefficient (Wildman–Crippen LogP) is 4.16. The molecule has 1 aliphatic heterocycles. The number of hydrogen-bond acceptors (Lipinski definition) is 3. The van der Waals surface area contributed by atoms with Gasteiger partial charge in [0.2, 0.25) is 5.91 Å². The van der Waals surface area contributed by atoms with Gasteiger partial charge in [-0.2, -0.15) is 0 Å². The van der Waals surface area contributed by atoms with Crippen LogP contribution < -0.4 is 10.2 Å².